The number of nitrogens with zero attached hydrogens (tertiary/aromatic N) is 3. The first-order chi connectivity index (χ1) is 20.3. The molecule has 0 unspecified atom stereocenters. The number of anilines is 1. The summed E-state index contributed by atoms with van der Waals surface area (Å²) in [6.07, 6.45) is 5.34. The fourth-order valence-corrected chi connectivity index (χ4v) is 5.19. The third-order valence-electron chi connectivity index (χ3n) is 8.38. The number of methoxy groups -OCH3 is 1. The van der Waals surface area contributed by atoms with E-state index in [-0.39, 0.29) is 11.2 Å². The predicted molar refractivity (Wildman–Crippen MR) is 165 cm³/mol. The van der Waals surface area contributed by atoms with Crippen molar-refractivity contribution in [3.8, 4) is 22.8 Å². The van der Waals surface area contributed by atoms with Gasteiger partial charge in [-0.15, -0.1) is 0 Å². The lowest BCUT2D eigenvalue weighted by Crippen LogP contribution is -2.39. The maximum atomic E-state index is 13.3. The molecule has 43 heavy (non-hydrogen) atoms. The van der Waals surface area contributed by atoms with E-state index in [2.05, 4.69) is 23.7 Å². The summed E-state index contributed by atoms with van der Waals surface area (Å²) in [5.74, 6) is -0.359. The SMILES string of the molecule is CCC(C)(C)O[C@H](C(=O)O)c1c(C)ncc(-c2cc(OC)c(OCCc3ccc(F)cc3)cn2)c1N1CCC(C)(C)CC1. The number of ether oxygens (including phenoxy) is 3. The number of aromatic nitrogens is 2. The number of halogens is 1. The highest BCUT2D eigenvalue weighted by Gasteiger charge is 2.36. The summed E-state index contributed by atoms with van der Waals surface area (Å²) >= 11 is 0. The molecule has 1 fully saturated rings. The normalized spacial score (nSPS) is 15.7. The zero-order chi connectivity index (χ0) is 31.4. The van der Waals surface area contributed by atoms with Crippen LogP contribution in [0.4, 0.5) is 10.1 Å². The second-order valence-electron chi connectivity index (χ2n) is 12.6. The molecular weight excluding hydrogens is 549 g/mol. The molecule has 2 aromatic heterocycles. The first-order valence-electron chi connectivity index (χ1n) is 14.9. The zero-order valence-corrected chi connectivity index (χ0v) is 26.4. The highest BCUT2D eigenvalue weighted by atomic mass is 19.1. The summed E-state index contributed by atoms with van der Waals surface area (Å²) in [6.45, 7) is 14.0. The van der Waals surface area contributed by atoms with Crippen LogP contribution in [0.15, 0.2) is 42.7 Å². The Balaban J connectivity index is 1.75. The van der Waals surface area contributed by atoms with Crippen molar-refractivity contribution in [2.75, 3.05) is 31.7 Å². The third kappa shape index (κ3) is 7.82. The number of aliphatic carboxylic acids is 1. The van der Waals surface area contributed by atoms with Crippen LogP contribution < -0.4 is 14.4 Å². The van der Waals surface area contributed by atoms with Crippen molar-refractivity contribution in [3.63, 3.8) is 0 Å². The summed E-state index contributed by atoms with van der Waals surface area (Å²) < 4.78 is 31.2. The Morgan fingerprint density at radius 2 is 1.79 bits per heavy atom. The van der Waals surface area contributed by atoms with Crippen molar-refractivity contribution in [2.24, 2.45) is 5.41 Å². The quantitative estimate of drug-likeness (QED) is 0.236. The molecule has 1 saturated heterocycles. The molecule has 0 bridgehead atoms. The number of hydrogen-bond donors (Lipinski definition) is 1. The van der Waals surface area contributed by atoms with Crippen molar-refractivity contribution in [1.82, 2.24) is 9.97 Å². The second kappa shape index (κ2) is 13.3. The lowest BCUT2D eigenvalue weighted by atomic mass is 9.82. The van der Waals surface area contributed by atoms with Gasteiger partial charge in [-0.05, 0) is 63.1 Å². The number of aryl methyl sites for hydroxylation is 1. The van der Waals surface area contributed by atoms with Crippen molar-refractivity contribution in [3.05, 3.63) is 65.4 Å². The van der Waals surface area contributed by atoms with Crippen molar-refractivity contribution >= 4 is 11.7 Å². The predicted octanol–water partition coefficient (Wildman–Crippen LogP) is 7.18. The number of carboxylic acids is 1. The Morgan fingerprint density at radius 3 is 2.40 bits per heavy atom. The van der Waals surface area contributed by atoms with Crippen LogP contribution in [0.25, 0.3) is 11.3 Å². The zero-order valence-electron chi connectivity index (χ0n) is 26.4. The highest BCUT2D eigenvalue weighted by Crippen LogP contribution is 2.44. The smallest absolute Gasteiger partial charge is 0.337 e. The number of rotatable bonds is 12. The van der Waals surface area contributed by atoms with Gasteiger partial charge in [-0.3, -0.25) is 9.97 Å². The van der Waals surface area contributed by atoms with Gasteiger partial charge in [0, 0.05) is 48.6 Å². The van der Waals surface area contributed by atoms with Gasteiger partial charge in [0.1, 0.15) is 5.82 Å². The van der Waals surface area contributed by atoms with Crippen LogP contribution in [0.5, 0.6) is 11.5 Å². The molecular formula is C34H44FN3O5. The molecule has 9 heteroatoms. The van der Waals surface area contributed by atoms with E-state index in [1.54, 1.807) is 37.7 Å². The van der Waals surface area contributed by atoms with Crippen molar-refractivity contribution in [2.45, 2.75) is 78.9 Å². The Kier molecular flexibility index (Phi) is 9.95. The molecule has 0 radical (unpaired) electrons. The topological polar surface area (TPSA) is 94.0 Å². The summed E-state index contributed by atoms with van der Waals surface area (Å²) in [4.78, 5) is 24.4. The second-order valence-corrected chi connectivity index (χ2v) is 12.6. The molecule has 0 aliphatic carbocycles. The average molecular weight is 594 g/mol. The summed E-state index contributed by atoms with van der Waals surface area (Å²) in [5.41, 5.74) is 3.74. The molecule has 3 aromatic rings. The average Bonchev–Trinajstić information content (AvgIpc) is 2.97. The van der Waals surface area contributed by atoms with E-state index in [4.69, 9.17) is 19.2 Å². The van der Waals surface area contributed by atoms with Gasteiger partial charge in [0.15, 0.2) is 17.6 Å². The van der Waals surface area contributed by atoms with E-state index in [1.165, 1.54) is 12.1 Å². The maximum Gasteiger partial charge on any atom is 0.337 e. The fraction of sp³-hybridized carbons (Fsp3) is 0.500. The van der Waals surface area contributed by atoms with Gasteiger partial charge < -0.3 is 24.2 Å². The molecule has 8 nitrogen and oxygen atoms in total. The molecule has 0 spiro atoms. The summed E-state index contributed by atoms with van der Waals surface area (Å²) in [6, 6.07) is 8.13. The molecule has 0 amide bonds. The van der Waals surface area contributed by atoms with Gasteiger partial charge >= 0.3 is 5.97 Å². The van der Waals surface area contributed by atoms with Gasteiger partial charge in [-0.1, -0.05) is 32.9 Å². The van der Waals surface area contributed by atoms with E-state index in [9.17, 15) is 14.3 Å². The summed E-state index contributed by atoms with van der Waals surface area (Å²) in [5, 5.41) is 10.4. The van der Waals surface area contributed by atoms with Gasteiger partial charge in [0.2, 0.25) is 0 Å². The lowest BCUT2D eigenvalue weighted by Gasteiger charge is -2.41. The fourth-order valence-electron chi connectivity index (χ4n) is 5.19. The van der Waals surface area contributed by atoms with Gasteiger partial charge in [-0.2, -0.15) is 0 Å². The minimum absolute atomic E-state index is 0.195. The first-order valence-corrected chi connectivity index (χ1v) is 14.9. The number of pyridine rings is 2. The van der Waals surface area contributed by atoms with E-state index < -0.39 is 17.7 Å². The maximum absolute atomic E-state index is 13.3. The minimum atomic E-state index is -1.21. The number of piperidine rings is 1. The molecule has 1 aromatic carbocycles. The molecule has 1 atom stereocenters. The van der Waals surface area contributed by atoms with Gasteiger partial charge in [0.05, 0.1) is 36.9 Å². The molecule has 0 saturated carbocycles. The summed E-state index contributed by atoms with van der Waals surface area (Å²) in [7, 11) is 1.57. The Bertz CT molecular complexity index is 1410. The molecule has 3 heterocycles. The van der Waals surface area contributed by atoms with E-state index in [0.717, 1.165) is 37.2 Å². The number of benzene rings is 1. The van der Waals surface area contributed by atoms with Crippen molar-refractivity contribution in [1.29, 1.82) is 0 Å². The standard InChI is InChI=1S/C34H44FN3O5/c1-8-34(5,6)43-31(32(39)40)29-22(2)36-20-25(30(29)38-16-14-33(3,4)15-17-38)26-19-27(41-7)28(21-37-26)42-18-13-23-9-11-24(35)12-10-23/h9-12,19-21,31H,8,13-18H2,1-7H3,(H,39,40)/t31-/m0/s1. The van der Waals surface area contributed by atoms with Crippen LogP contribution in [0, 0.1) is 18.2 Å². The van der Waals surface area contributed by atoms with Crippen LogP contribution in [0.3, 0.4) is 0 Å². The Hall–Kier alpha value is -3.72. The molecule has 4 rings (SSSR count). The number of hydrogen-bond acceptors (Lipinski definition) is 7. The Labute approximate surface area is 254 Å². The lowest BCUT2D eigenvalue weighted by molar-refractivity contribution is -0.162. The largest absolute Gasteiger partial charge is 0.493 e. The first kappa shape index (κ1) is 32.2. The van der Waals surface area contributed by atoms with Crippen molar-refractivity contribution < 1.29 is 28.5 Å². The molecule has 1 aliphatic heterocycles. The molecule has 1 N–H and O–H groups in total. The number of carboxylic acid groups (broad SMARTS) is 1. The van der Waals surface area contributed by atoms with E-state index in [0.29, 0.717) is 53.5 Å². The number of carbonyl (C=O) groups is 1. The van der Waals surface area contributed by atoms with Crippen LogP contribution in [-0.2, 0) is 16.0 Å². The van der Waals surface area contributed by atoms with E-state index >= 15 is 0 Å². The third-order valence-corrected chi connectivity index (χ3v) is 8.38. The minimum Gasteiger partial charge on any atom is -0.493 e. The molecule has 1 aliphatic rings. The monoisotopic (exact) mass is 593 g/mol. The van der Waals surface area contributed by atoms with Crippen LogP contribution in [0.2, 0.25) is 0 Å². The Morgan fingerprint density at radius 1 is 1.12 bits per heavy atom. The van der Waals surface area contributed by atoms with Crippen LogP contribution >= 0.6 is 0 Å². The van der Waals surface area contributed by atoms with Gasteiger partial charge in [0.25, 0.3) is 0 Å². The highest BCUT2D eigenvalue weighted by molar-refractivity contribution is 5.85. The van der Waals surface area contributed by atoms with Gasteiger partial charge in [-0.25, -0.2) is 9.18 Å². The van der Waals surface area contributed by atoms with E-state index in [1.807, 2.05) is 27.7 Å². The van der Waals surface area contributed by atoms with Crippen LogP contribution in [-0.4, -0.2) is 53.5 Å². The van der Waals surface area contributed by atoms with Crippen LogP contribution in [0.1, 0.15) is 76.8 Å². The molecule has 232 valence electrons.